The molecule has 1 aliphatic rings. The normalized spacial score (nSPS) is 14.6. The van der Waals surface area contributed by atoms with Crippen molar-refractivity contribution in [3.63, 3.8) is 0 Å². The second-order valence-corrected chi connectivity index (χ2v) is 11.5. The lowest BCUT2D eigenvalue weighted by molar-refractivity contribution is 0.188. The summed E-state index contributed by atoms with van der Waals surface area (Å²) in [6, 6.07) is 21.3. The second-order valence-electron chi connectivity index (χ2n) is 8.43. The molecule has 11 heteroatoms. The lowest BCUT2D eigenvalue weighted by atomic mass is 10.2. The maximum Gasteiger partial charge on any atom is 0.415 e. The summed E-state index contributed by atoms with van der Waals surface area (Å²) in [4.78, 5) is 14.4. The van der Waals surface area contributed by atoms with E-state index < -0.39 is 16.1 Å². The number of hydrogen-bond acceptors (Lipinski definition) is 6. The molecule has 37 heavy (non-hydrogen) atoms. The van der Waals surface area contributed by atoms with Crippen LogP contribution in [-0.2, 0) is 16.6 Å². The van der Waals surface area contributed by atoms with Gasteiger partial charge in [0.25, 0.3) is 5.95 Å². The van der Waals surface area contributed by atoms with Gasteiger partial charge in [-0.2, -0.15) is 4.31 Å². The molecule has 0 saturated carbocycles. The van der Waals surface area contributed by atoms with Gasteiger partial charge < -0.3 is 19.4 Å². The summed E-state index contributed by atoms with van der Waals surface area (Å²) in [5.74, 6) is 0.0778. The van der Waals surface area contributed by atoms with E-state index in [9.17, 15) is 13.2 Å². The van der Waals surface area contributed by atoms with Crippen molar-refractivity contribution in [2.45, 2.75) is 11.4 Å². The Morgan fingerprint density at radius 2 is 1.70 bits per heavy atom. The Bertz CT molecular complexity index is 1540. The predicted molar refractivity (Wildman–Crippen MR) is 146 cm³/mol. The molecule has 2 heterocycles. The number of rotatable bonds is 6. The fraction of sp³-hybridized carbons (Fsp3) is 0.192. The summed E-state index contributed by atoms with van der Waals surface area (Å²) in [5, 5.41) is 3.66. The van der Waals surface area contributed by atoms with Crippen molar-refractivity contribution in [2.75, 3.05) is 31.1 Å². The molecule has 0 spiro atoms. The summed E-state index contributed by atoms with van der Waals surface area (Å²) >= 11 is 9.79. The summed E-state index contributed by atoms with van der Waals surface area (Å²) in [6.45, 7) is 1.97. The molecule has 4 aromatic rings. The SMILES string of the molecule is O=C(NCc1ccccc1)Oc1cc2c(Br)c(N3CCN(S(=O)(=O)c4ccccc4Cl)CC3)ccc2o1. The van der Waals surface area contributed by atoms with Gasteiger partial charge in [0.1, 0.15) is 10.5 Å². The number of amides is 1. The van der Waals surface area contributed by atoms with E-state index in [0.29, 0.717) is 38.3 Å². The van der Waals surface area contributed by atoms with E-state index in [1.807, 2.05) is 36.4 Å². The maximum absolute atomic E-state index is 13.1. The number of ether oxygens (including phenoxy) is 1. The molecule has 0 radical (unpaired) electrons. The van der Waals surface area contributed by atoms with Gasteiger partial charge in [0.2, 0.25) is 10.0 Å². The highest BCUT2D eigenvalue weighted by molar-refractivity contribution is 9.10. The molecule has 8 nitrogen and oxygen atoms in total. The van der Waals surface area contributed by atoms with Crippen molar-refractivity contribution < 1.29 is 22.4 Å². The molecule has 3 aromatic carbocycles. The predicted octanol–water partition coefficient (Wildman–Crippen LogP) is 5.65. The number of sulfonamides is 1. The number of piperazine rings is 1. The van der Waals surface area contributed by atoms with E-state index in [2.05, 4.69) is 26.1 Å². The van der Waals surface area contributed by atoms with Crippen LogP contribution in [0.25, 0.3) is 11.0 Å². The van der Waals surface area contributed by atoms with Crippen LogP contribution in [0.5, 0.6) is 5.95 Å². The number of hydrogen-bond donors (Lipinski definition) is 1. The largest absolute Gasteiger partial charge is 0.425 e. The number of anilines is 1. The van der Waals surface area contributed by atoms with Crippen LogP contribution in [0.3, 0.4) is 0 Å². The highest BCUT2D eigenvalue weighted by Gasteiger charge is 2.30. The topological polar surface area (TPSA) is 92.1 Å². The molecule has 0 aliphatic carbocycles. The number of nitrogens with zero attached hydrogens (tertiary/aromatic N) is 2. The Balaban J connectivity index is 1.25. The zero-order chi connectivity index (χ0) is 26.0. The first kappa shape index (κ1) is 25.6. The lowest BCUT2D eigenvalue weighted by Crippen LogP contribution is -2.48. The number of fused-ring (bicyclic) bond motifs is 1. The molecule has 1 saturated heterocycles. The van der Waals surface area contributed by atoms with Crippen molar-refractivity contribution in [2.24, 2.45) is 0 Å². The Morgan fingerprint density at radius 1 is 1.00 bits per heavy atom. The van der Waals surface area contributed by atoms with Crippen LogP contribution in [0.1, 0.15) is 5.56 Å². The maximum atomic E-state index is 13.1. The molecule has 1 aliphatic heterocycles. The minimum atomic E-state index is -3.68. The molecular formula is C26H23BrClN3O5S. The van der Waals surface area contributed by atoms with Crippen molar-refractivity contribution in [3.05, 3.63) is 87.9 Å². The lowest BCUT2D eigenvalue weighted by Gasteiger charge is -2.36. The van der Waals surface area contributed by atoms with E-state index in [0.717, 1.165) is 21.1 Å². The van der Waals surface area contributed by atoms with Crippen LogP contribution in [0.2, 0.25) is 5.02 Å². The van der Waals surface area contributed by atoms with Crippen molar-refractivity contribution in [1.29, 1.82) is 0 Å². The van der Waals surface area contributed by atoms with Crippen LogP contribution < -0.4 is 15.0 Å². The third-order valence-corrected chi connectivity index (χ3v) is 9.33. The minimum Gasteiger partial charge on any atom is -0.425 e. The monoisotopic (exact) mass is 603 g/mol. The summed E-state index contributed by atoms with van der Waals surface area (Å²) < 4.78 is 39.4. The van der Waals surface area contributed by atoms with Gasteiger partial charge in [-0.25, -0.2) is 13.2 Å². The third kappa shape index (κ3) is 5.47. The number of benzene rings is 3. The van der Waals surface area contributed by atoms with E-state index in [-0.39, 0.29) is 15.9 Å². The van der Waals surface area contributed by atoms with Gasteiger partial charge in [0.15, 0.2) is 0 Å². The van der Waals surface area contributed by atoms with Crippen molar-refractivity contribution in [1.82, 2.24) is 9.62 Å². The van der Waals surface area contributed by atoms with Crippen LogP contribution in [0.4, 0.5) is 10.5 Å². The fourth-order valence-electron chi connectivity index (χ4n) is 4.20. The first-order valence-corrected chi connectivity index (χ1v) is 14.2. The van der Waals surface area contributed by atoms with Crippen LogP contribution in [-0.4, -0.2) is 45.0 Å². The Kier molecular flexibility index (Phi) is 7.43. The van der Waals surface area contributed by atoms with E-state index >= 15 is 0 Å². The molecule has 1 fully saturated rings. The standard InChI is InChI=1S/C26H23BrClN3O5S/c27-25-19-16-24(36-26(32)29-17-18-6-2-1-3-7-18)35-22(19)11-10-21(25)30-12-14-31(15-13-30)37(33,34)23-9-5-4-8-20(23)28/h1-11,16H,12-15,17H2,(H,29,32). The molecule has 1 amide bonds. The smallest absolute Gasteiger partial charge is 0.415 e. The zero-order valence-corrected chi connectivity index (χ0v) is 22.7. The van der Waals surface area contributed by atoms with Gasteiger partial charge in [-0.05, 0) is 45.8 Å². The average molecular weight is 605 g/mol. The average Bonchev–Trinajstić information content (AvgIpc) is 3.32. The summed E-state index contributed by atoms with van der Waals surface area (Å²) in [7, 11) is -3.68. The van der Waals surface area contributed by atoms with Gasteiger partial charge in [-0.1, -0.05) is 54.1 Å². The van der Waals surface area contributed by atoms with E-state index in [4.69, 9.17) is 20.8 Å². The fourth-order valence-corrected chi connectivity index (χ4v) is 6.81. The van der Waals surface area contributed by atoms with E-state index in [1.165, 1.54) is 10.4 Å². The van der Waals surface area contributed by atoms with Crippen LogP contribution in [0.15, 0.2) is 86.6 Å². The van der Waals surface area contributed by atoms with E-state index in [1.54, 1.807) is 30.3 Å². The summed E-state index contributed by atoms with van der Waals surface area (Å²) in [6.07, 6.45) is -0.616. The number of carbonyl (C=O) groups excluding carboxylic acids is 1. The molecule has 0 atom stereocenters. The van der Waals surface area contributed by atoms with Gasteiger partial charge in [-0.15, -0.1) is 0 Å². The molecule has 1 N–H and O–H groups in total. The third-order valence-electron chi connectivity index (χ3n) is 6.10. The molecule has 192 valence electrons. The molecular weight excluding hydrogens is 582 g/mol. The molecule has 0 unspecified atom stereocenters. The molecule has 1 aromatic heterocycles. The van der Waals surface area contributed by atoms with Gasteiger partial charge >= 0.3 is 6.09 Å². The van der Waals surface area contributed by atoms with Crippen LogP contribution in [0, 0.1) is 0 Å². The van der Waals surface area contributed by atoms with Gasteiger partial charge in [-0.3, -0.25) is 0 Å². The Morgan fingerprint density at radius 3 is 2.43 bits per heavy atom. The minimum absolute atomic E-state index is 0.0778. The van der Waals surface area contributed by atoms with Crippen LogP contribution >= 0.6 is 27.5 Å². The highest BCUT2D eigenvalue weighted by atomic mass is 79.9. The molecule has 0 bridgehead atoms. The van der Waals surface area contributed by atoms with Crippen molar-refractivity contribution in [3.8, 4) is 5.95 Å². The quantitative estimate of drug-likeness (QED) is 0.306. The Labute approximate surface area is 227 Å². The second kappa shape index (κ2) is 10.7. The summed E-state index contributed by atoms with van der Waals surface area (Å²) in [5.41, 5.74) is 2.40. The van der Waals surface area contributed by atoms with Gasteiger partial charge in [0, 0.05) is 44.2 Å². The number of halogens is 2. The molecule has 5 rings (SSSR count). The number of furan rings is 1. The Hall–Kier alpha value is -3.05. The zero-order valence-electron chi connectivity index (χ0n) is 19.6. The van der Waals surface area contributed by atoms with Crippen molar-refractivity contribution >= 4 is 60.3 Å². The highest BCUT2D eigenvalue weighted by Crippen LogP contribution is 2.38. The van der Waals surface area contributed by atoms with Gasteiger partial charge in [0.05, 0.1) is 15.2 Å². The number of carbonyl (C=O) groups is 1. The number of nitrogens with one attached hydrogen (secondary N) is 1. The first-order chi connectivity index (χ1) is 17.8. The first-order valence-electron chi connectivity index (χ1n) is 11.5.